The maximum atomic E-state index is 11.9. The lowest BCUT2D eigenvalue weighted by Gasteiger charge is -2.21. The van der Waals surface area contributed by atoms with E-state index in [1.807, 2.05) is 18.2 Å². The summed E-state index contributed by atoms with van der Waals surface area (Å²) in [7, 11) is 3.28. The van der Waals surface area contributed by atoms with Crippen LogP contribution < -0.4 is 20.3 Å². The summed E-state index contributed by atoms with van der Waals surface area (Å²) in [4.78, 5) is 14.1. The minimum atomic E-state index is 0.00557. The van der Waals surface area contributed by atoms with E-state index < -0.39 is 0 Å². The van der Waals surface area contributed by atoms with E-state index in [-0.39, 0.29) is 11.9 Å². The Morgan fingerprint density at radius 1 is 1.43 bits per heavy atom. The molecule has 7 heteroatoms. The summed E-state index contributed by atoms with van der Waals surface area (Å²) in [5, 5.41) is 6.77. The minimum Gasteiger partial charge on any atom is -0.495 e. The van der Waals surface area contributed by atoms with Crippen LogP contribution in [0.5, 0.6) is 5.75 Å². The fourth-order valence-corrected chi connectivity index (χ4v) is 2.83. The first kappa shape index (κ1) is 17.8. The highest BCUT2D eigenvalue weighted by atomic mass is 35.5. The van der Waals surface area contributed by atoms with Gasteiger partial charge in [-0.25, -0.2) is 0 Å². The number of rotatable bonds is 8. The summed E-state index contributed by atoms with van der Waals surface area (Å²) in [5.74, 6) is 0.800. The topological polar surface area (TPSA) is 62.8 Å². The Morgan fingerprint density at radius 3 is 3.00 bits per heavy atom. The monoisotopic (exact) mass is 341 g/mol. The molecule has 0 saturated carbocycles. The fraction of sp³-hybridized carbons (Fsp3) is 0.562. The van der Waals surface area contributed by atoms with Crippen molar-refractivity contribution in [2.75, 3.05) is 51.9 Å². The van der Waals surface area contributed by atoms with Gasteiger partial charge in [-0.05, 0) is 24.6 Å². The number of hydrogen-bond donors (Lipinski definition) is 2. The van der Waals surface area contributed by atoms with Gasteiger partial charge >= 0.3 is 0 Å². The van der Waals surface area contributed by atoms with Gasteiger partial charge in [0.05, 0.1) is 25.9 Å². The van der Waals surface area contributed by atoms with Crippen molar-refractivity contribution in [3.8, 4) is 5.75 Å². The molecule has 128 valence electrons. The molecule has 1 aliphatic heterocycles. The number of carbonyl (C=O) groups is 1. The molecule has 0 bridgehead atoms. The van der Waals surface area contributed by atoms with Gasteiger partial charge in [0.2, 0.25) is 5.91 Å². The molecule has 1 amide bonds. The van der Waals surface area contributed by atoms with E-state index in [0.29, 0.717) is 24.7 Å². The summed E-state index contributed by atoms with van der Waals surface area (Å²) in [6.07, 6.45) is 0.902. The third-order valence-corrected chi connectivity index (χ3v) is 4.04. The van der Waals surface area contributed by atoms with Gasteiger partial charge in [0, 0.05) is 37.8 Å². The maximum absolute atomic E-state index is 11.9. The molecule has 23 heavy (non-hydrogen) atoms. The van der Waals surface area contributed by atoms with Crippen LogP contribution in [0.25, 0.3) is 0 Å². The van der Waals surface area contributed by atoms with Crippen LogP contribution >= 0.6 is 11.6 Å². The van der Waals surface area contributed by atoms with Crippen molar-refractivity contribution in [2.24, 2.45) is 0 Å². The van der Waals surface area contributed by atoms with Gasteiger partial charge in [0.15, 0.2) is 0 Å². The Hall–Kier alpha value is -1.50. The first-order valence-electron chi connectivity index (χ1n) is 7.71. The van der Waals surface area contributed by atoms with Crippen LogP contribution in [0.4, 0.5) is 5.69 Å². The number of ether oxygens (including phenoxy) is 2. The number of hydrogen-bond acceptors (Lipinski definition) is 5. The van der Waals surface area contributed by atoms with E-state index in [0.717, 1.165) is 30.9 Å². The van der Waals surface area contributed by atoms with Gasteiger partial charge in [-0.15, -0.1) is 0 Å². The third kappa shape index (κ3) is 5.27. The number of anilines is 1. The zero-order valence-electron chi connectivity index (χ0n) is 13.6. The van der Waals surface area contributed by atoms with Gasteiger partial charge in [0.1, 0.15) is 5.75 Å². The van der Waals surface area contributed by atoms with Crippen molar-refractivity contribution in [2.45, 2.75) is 12.5 Å². The lowest BCUT2D eigenvalue weighted by molar-refractivity contribution is -0.120. The predicted molar refractivity (Wildman–Crippen MR) is 91.5 cm³/mol. The van der Waals surface area contributed by atoms with E-state index in [4.69, 9.17) is 21.1 Å². The molecule has 1 saturated heterocycles. The molecule has 1 heterocycles. The standard InChI is InChI=1S/C16H24ClN3O3/c1-22-8-6-18-10-16(21)19-13-5-7-20(11-13)14-9-12(17)3-4-15(14)23-2/h3-4,9,13,18H,5-8,10-11H2,1-2H3,(H,19,21). The molecule has 2 N–H and O–H groups in total. The molecule has 1 atom stereocenters. The minimum absolute atomic E-state index is 0.00557. The highest BCUT2D eigenvalue weighted by Crippen LogP contribution is 2.33. The number of halogens is 1. The molecule has 1 aliphatic rings. The summed E-state index contributed by atoms with van der Waals surface area (Å²) < 4.78 is 10.3. The molecular weight excluding hydrogens is 318 g/mol. The van der Waals surface area contributed by atoms with Crippen LogP contribution in [-0.4, -0.2) is 59.0 Å². The van der Waals surface area contributed by atoms with Crippen molar-refractivity contribution < 1.29 is 14.3 Å². The lowest BCUT2D eigenvalue weighted by Crippen LogP contribution is -2.42. The Balaban J connectivity index is 1.84. The first-order valence-corrected chi connectivity index (χ1v) is 8.09. The summed E-state index contributed by atoms with van der Waals surface area (Å²) in [6.45, 7) is 3.18. The average Bonchev–Trinajstić information content (AvgIpc) is 3.00. The molecule has 0 aromatic heterocycles. The van der Waals surface area contributed by atoms with E-state index >= 15 is 0 Å². The predicted octanol–water partition coefficient (Wildman–Crippen LogP) is 1.28. The lowest BCUT2D eigenvalue weighted by atomic mass is 10.2. The summed E-state index contributed by atoms with van der Waals surface area (Å²) in [6, 6.07) is 5.71. The number of benzene rings is 1. The smallest absolute Gasteiger partial charge is 0.234 e. The van der Waals surface area contributed by atoms with Gasteiger partial charge in [0.25, 0.3) is 0 Å². The third-order valence-electron chi connectivity index (χ3n) is 3.80. The van der Waals surface area contributed by atoms with E-state index in [2.05, 4.69) is 15.5 Å². The molecule has 0 spiro atoms. The molecule has 1 unspecified atom stereocenters. The zero-order chi connectivity index (χ0) is 16.7. The number of nitrogens with one attached hydrogen (secondary N) is 2. The molecule has 1 aromatic carbocycles. The van der Waals surface area contributed by atoms with Crippen LogP contribution in [-0.2, 0) is 9.53 Å². The van der Waals surface area contributed by atoms with Crippen molar-refractivity contribution in [1.82, 2.24) is 10.6 Å². The number of amides is 1. The van der Waals surface area contributed by atoms with Crippen LogP contribution in [0, 0.1) is 0 Å². The first-order chi connectivity index (χ1) is 11.1. The van der Waals surface area contributed by atoms with Gasteiger partial charge < -0.3 is 25.0 Å². The van der Waals surface area contributed by atoms with Crippen LogP contribution in [0.15, 0.2) is 18.2 Å². The largest absolute Gasteiger partial charge is 0.495 e. The zero-order valence-corrected chi connectivity index (χ0v) is 14.4. The van der Waals surface area contributed by atoms with E-state index in [9.17, 15) is 4.79 Å². The highest BCUT2D eigenvalue weighted by molar-refractivity contribution is 6.30. The van der Waals surface area contributed by atoms with Gasteiger partial charge in [-0.3, -0.25) is 4.79 Å². The van der Waals surface area contributed by atoms with Gasteiger partial charge in [-0.2, -0.15) is 0 Å². The van der Waals surface area contributed by atoms with Crippen LogP contribution in [0.3, 0.4) is 0 Å². The molecule has 0 aliphatic carbocycles. The quantitative estimate of drug-likeness (QED) is 0.697. The van der Waals surface area contributed by atoms with Crippen LogP contribution in [0.2, 0.25) is 5.02 Å². The molecule has 1 fully saturated rings. The average molecular weight is 342 g/mol. The van der Waals surface area contributed by atoms with Crippen LogP contribution in [0.1, 0.15) is 6.42 Å². The SMILES string of the molecule is COCCNCC(=O)NC1CCN(c2cc(Cl)ccc2OC)C1. The molecule has 6 nitrogen and oxygen atoms in total. The molecule has 0 radical (unpaired) electrons. The molecule has 1 aromatic rings. The number of methoxy groups -OCH3 is 2. The van der Waals surface area contributed by atoms with Crippen molar-refractivity contribution in [3.63, 3.8) is 0 Å². The number of nitrogens with zero attached hydrogens (tertiary/aromatic N) is 1. The van der Waals surface area contributed by atoms with Gasteiger partial charge in [-0.1, -0.05) is 11.6 Å². The Morgan fingerprint density at radius 2 is 2.26 bits per heavy atom. The molecular formula is C16H24ClN3O3. The summed E-state index contributed by atoms with van der Waals surface area (Å²) >= 11 is 6.09. The fourth-order valence-electron chi connectivity index (χ4n) is 2.66. The van der Waals surface area contributed by atoms with E-state index in [1.165, 1.54) is 0 Å². The molecule has 2 rings (SSSR count). The second kappa shape index (κ2) is 8.96. The van der Waals surface area contributed by atoms with Crippen molar-refractivity contribution >= 4 is 23.2 Å². The summed E-state index contributed by atoms with van der Waals surface area (Å²) in [5.41, 5.74) is 0.968. The van der Waals surface area contributed by atoms with Crippen molar-refractivity contribution in [3.05, 3.63) is 23.2 Å². The normalized spacial score (nSPS) is 17.3. The van der Waals surface area contributed by atoms with E-state index in [1.54, 1.807) is 14.2 Å². The maximum Gasteiger partial charge on any atom is 0.234 e. The Labute approximate surface area is 142 Å². The second-order valence-corrected chi connectivity index (χ2v) is 5.92. The number of carbonyl (C=O) groups excluding carboxylic acids is 1. The van der Waals surface area contributed by atoms with Crippen molar-refractivity contribution in [1.29, 1.82) is 0 Å². The Bertz CT molecular complexity index is 527. The Kier molecular flexibility index (Phi) is 6.95. The highest BCUT2D eigenvalue weighted by Gasteiger charge is 2.25. The second-order valence-electron chi connectivity index (χ2n) is 5.48.